The molecule has 100 valence electrons. The van der Waals surface area contributed by atoms with Crippen molar-refractivity contribution >= 4 is 5.91 Å². The van der Waals surface area contributed by atoms with Gasteiger partial charge in [0.25, 0.3) is 0 Å². The molecule has 1 amide bonds. The average molecular weight is 252 g/mol. The summed E-state index contributed by atoms with van der Waals surface area (Å²) >= 11 is 0. The third-order valence-electron chi connectivity index (χ3n) is 3.85. The molecule has 1 rings (SSSR count). The lowest BCUT2D eigenvalue weighted by Gasteiger charge is -2.42. The molecule has 1 atom stereocenters. The lowest BCUT2D eigenvalue weighted by atomic mass is 9.67. The highest BCUT2D eigenvalue weighted by atomic mass is 19.4. The summed E-state index contributed by atoms with van der Waals surface area (Å²) in [4.78, 5) is 11.5. The van der Waals surface area contributed by atoms with Crippen LogP contribution < -0.4 is 11.1 Å². The topological polar surface area (TPSA) is 55.1 Å². The van der Waals surface area contributed by atoms with Gasteiger partial charge in [0.1, 0.15) is 0 Å². The van der Waals surface area contributed by atoms with E-state index in [0.717, 1.165) is 25.7 Å². The van der Waals surface area contributed by atoms with Crippen molar-refractivity contribution in [2.24, 2.45) is 11.1 Å². The van der Waals surface area contributed by atoms with Crippen LogP contribution >= 0.6 is 0 Å². The standard InChI is InChI=1S/C11H19F3N2O/c1-3-10(5-4-6-10)7-16-8(17)9(2,15)11(12,13)14/h3-7,15H2,1-2H3,(H,16,17). The molecule has 0 aliphatic heterocycles. The first-order chi connectivity index (χ1) is 7.65. The van der Waals surface area contributed by atoms with Crippen molar-refractivity contribution in [3.8, 4) is 0 Å². The Morgan fingerprint density at radius 3 is 2.24 bits per heavy atom. The van der Waals surface area contributed by atoms with Gasteiger partial charge in [-0.1, -0.05) is 13.3 Å². The minimum atomic E-state index is -4.73. The van der Waals surface area contributed by atoms with Gasteiger partial charge in [0.05, 0.1) is 0 Å². The molecule has 3 nitrogen and oxygen atoms in total. The van der Waals surface area contributed by atoms with Crippen molar-refractivity contribution in [2.75, 3.05) is 6.54 Å². The maximum absolute atomic E-state index is 12.5. The van der Waals surface area contributed by atoms with Crippen LogP contribution in [0.3, 0.4) is 0 Å². The predicted octanol–water partition coefficient (Wildman–Crippen LogP) is 1.96. The minimum Gasteiger partial charge on any atom is -0.354 e. The predicted molar refractivity (Wildman–Crippen MR) is 58.2 cm³/mol. The Hall–Kier alpha value is -0.780. The highest BCUT2D eigenvalue weighted by Gasteiger charge is 2.54. The fourth-order valence-corrected chi connectivity index (χ4v) is 1.91. The summed E-state index contributed by atoms with van der Waals surface area (Å²) in [6.07, 6.45) is -0.881. The second-order valence-electron chi connectivity index (χ2n) is 5.09. The molecule has 0 spiro atoms. The Bertz CT molecular complexity index is 290. The van der Waals surface area contributed by atoms with Crippen LogP contribution in [0, 0.1) is 5.41 Å². The number of carbonyl (C=O) groups is 1. The van der Waals surface area contributed by atoms with Crippen molar-refractivity contribution < 1.29 is 18.0 Å². The van der Waals surface area contributed by atoms with Crippen LogP contribution in [0.15, 0.2) is 0 Å². The van der Waals surface area contributed by atoms with E-state index in [-0.39, 0.29) is 12.0 Å². The van der Waals surface area contributed by atoms with Gasteiger partial charge in [0.15, 0.2) is 5.54 Å². The van der Waals surface area contributed by atoms with Crippen LogP contribution in [0.25, 0.3) is 0 Å². The van der Waals surface area contributed by atoms with Crippen LogP contribution in [0.1, 0.15) is 39.5 Å². The van der Waals surface area contributed by atoms with Crippen molar-refractivity contribution in [1.82, 2.24) is 5.32 Å². The molecule has 0 aromatic rings. The zero-order valence-electron chi connectivity index (χ0n) is 10.2. The summed E-state index contributed by atoms with van der Waals surface area (Å²) in [5.74, 6) is -1.15. The van der Waals surface area contributed by atoms with E-state index in [9.17, 15) is 18.0 Å². The number of amides is 1. The first-order valence-corrected chi connectivity index (χ1v) is 5.78. The van der Waals surface area contributed by atoms with Crippen molar-refractivity contribution in [3.05, 3.63) is 0 Å². The molecular weight excluding hydrogens is 233 g/mol. The van der Waals surface area contributed by atoms with Gasteiger partial charge in [-0.3, -0.25) is 4.79 Å². The molecule has 3 N–H and O–H groups in total. The minimum absolute atomic E-state index is 0.0165. The molecule has 6 heteroatoms. The molecule has 0 aromatic carbocycles. The van der Waals surface area contributed by atoms with Crippen LogP contribution in [0.2, 0.25) is 0 Å². The molecule has 17 heavy (non-hydrogen) atoms. The first kappa shape index (κ1) is 14.3. The number of nitrogens with two attached hydrogens (primary N) is 1. The Kier molecular flexibility index (Phi) is 3.76. The number of halogens is 3. The maximum atomic E-state index is 12.5. The summed E-state index contributed by atoms with van der Waals surface area (Å²) in [6, 6.07) is 0. The van der Waals surface area contributed by atoms with Gasteiger partial charge in [-0.25, -0.2) is 0 Å². The van der Waals surface area contributed by atoms with Gasteiger partial charge >= 0.3 is 6.18 Å². The van der Waals surface area contributed by atoms with E-state index in [1.807, 2.05) is 6.92 Å². The van der Waals surface area contributed by atoms with E-state index in [1.54, 1.807) is 0 Å². The molecule has 1 fully saturated rings. The molecule has 1 unspecified atom stereocenters. The molecule has 1 saturated carbocycles. The van der Waals surface area contributed by atoms with Gasteiger partial charge in [-0.2, -0.15) is 13.2 Å². The highest BCUT2D eigenvalue weighted by molar-refractivity contribution is 5.86. The summed E-state index contributed by atoms with van der Waals surface area (Å²) < 4.78 is 37.5. The third kappa shape index (κ3) is 2.73. The summed E-state index contributed by atoms with van der Waals surface area (Å²) in [5.41, 5.74) is 2.20. The lowest BCUT2D eigenvalue weighted by molar-refractivity contribution is -0.187. The number of nitrogens with one attached hydrogen (secondary N) is 1. The van der Waals surface area contributed by atoms with Crippen LogP contribution in [-0.4, -0.2) is 24.2 Å². The second-order valence-corrected chi connectivity index (χ2v) is 5.09. The summed E-state index contributed by atoms with van der Waals surface area (Å²) in [7, 11) is 0. The Balaban J connectivity index is 2.55. The maximum Gasteiger partial charge on any atom is 0.415 e. The summed E-state index contributed by atoms with van der Waals surface area (Å²) in [6.45, 7) is 2.96. The molecule has 0 saturated heterocycles. The van der Waals surface area contributed by atoms with E-state index in [0.29, 0.717) is 6.92 Å². The normalized spacial score (nSPS) is 22.5. The van der Waals surface area contributed by atoms with E-state index in [4.69, 9.17) is 5.73 Å². The van der Waals surface area contributed by atoms with Gasteiger partial charge in [-0.05, 0) is 31.6 Å². The number of alkyl halides is 3. The SMILES string of the molecule is CCC1(CNC(=O)C(C)(N)C(F)(F)F)CCC1. The quantitative estimate of drug-likeness (QED) is 0.803. The highest BCUT2D eigenvalue weighted by Crippen LogP contribution is 2.43. The van der Waals surface area contributed by atoms with E-state index >= 15 is 0 Å². The third-order valence-corrected chi connectivity index (χ3v) is 3.85. The molecule has 0 bridgehead atoms. The monoisotopic (exact) mass is 252 g/mol. The fourth-order valence-electron chi connectivity index (χ4n) is 1.91. The number of carbonyl (C=O) groups excluding carboxylic acids is 1. The fraction of sp³-hybridized carbons (Fsp3) is 0.909. The Labute approximate surface area is 98.9 Å². The van der Waals surface area contributed by atoms with Gasteiger partial charge in [0.2, 0.25) is 5.91 Å². The van der Waals surface area contributed by atoms with E-state index < -0.39 is 17.6 Å². The lowest BCUT2D eigenvalue weighted by Crippen LogP contribution is -2.62. The van der Waals surface area contributed by atoms with Gasteiger partial charge in [0, 0.05) is 6.54 Å². The van der Waals surface area contributed by atoms with Crippen molar-refractivity contribution in [2.45, 2.75) is 51.2 Å². The van der Waals surface area contributed by atoms with Crippen LogP contribution in [0.5, 0.6) is 0 Å². The molecular formula is C11H19F3N2O. The summed E-state index contributed by atoms with van der Waals surface area (Å²) in [5, 5.41) is 2.34. The first-order valence-electron chi connectivity index (χ1n) is 5.78. The van der Waals surface area contributed by atoms with Gasteiger partial charge in [-0.15, -0.1) is 0 Å². The van der Waals surface area contributed by atoms with E-state index in [1.165, 1.54) is 0 Å². The van der Waals surface area contributed by atoms with Crippen LogP contribution in [-0.2, 0) is 4.79 Å². The largest absolute Gasteiger partial charge is 0.415 e. The average Bonchev–Trinajstić information content (AvgIpc) is 2.14. The zero-order chi connectivity index (χ0) is 13.3. The van der Waals surface area contributed by atoms with Crippen molar-refractivity contribution in [1.29, 1.82) is 0 Å². The molecule has 1 aliphatic carbocycles. The number of hydrogen-bond donors (Lipinski definition) is 2. The van der Waals surface area contributed by atoms with Crippen LogP contribution in [0.4, 0.5) is 13.2 Å². The zero-order valence-corrected chi connectivity index (χ0v) is 10.2. The Morgan fingerprint density at radius 1 is 1.41 bits per heavy atom. The number of hydrogen-bond acceptors (Lipinski definition) is 2. The van der Waals surface area contributed by atoms with Gasteiger partial charge < -0.3 is 11.1 Å². The smallest absolute Gasteiger partial charge is 0.354 e. The molecule has 0 radical (unpaired) electrons. The Morgan fingerprint density at radius 2 is 1.94 bits per heavy atom. The van der Waals surface area contributed by atoms with E-state index in [2.05, 4.69) is 5.32 Å². The molecule has 1 aliphatic rings. The molecule has 0 heterocycles. The molecule has 0 aromatic heterocycles. The number of rotatable bonds is 4. The second kappa shape index (κ2) is 4.48. The van der Waals surface area contributed by atoms with Crippen molar-refractivity contribution in [3.63, 3.8) is 0 Å².